The molecule has 1 aromatic heterocycles. The summed E-state index contributed by atoms with van der Waals surface area (Å²) in [6.45, 7) is 0. The van der Waals surface area contributed by atoms with Crippen LogP contribution in [0.5, 0.6) is 0 Å². The molecule has 1 aliphatic heterocycles. The molecule has 0 aliphatic carbocycles. The maximum Gasteiger partial charge on any atom is 0.230 e. The molecule has 2 rings (SSSR count). The molecular weight excluding hydrogens is 290 g/mol. The predicted molar refractivity (Wildman–Crippen MR) is 74.5 cm³/mol. The van der Waals surface area contributed by atoms with Gasteiger partial charge in [0.25, 0.3) is 0 Å². The number of hydrogen-bond donors (Lipinski definition) is 1. The molecule has 0 aromatic carbocycles. The second-order valence-corrected chi connectivity index (χ2v) is 7.33. The molecule has 1 aromatic rings. The Morgan fingerprint density at radius 3 is 2.42 bits per heavy atom. The van der Waals surface area contributed by atoms with Crippen molar-refractivity contribution >= 4 is 33.3 Å². The van der Waals surface area contributed by atoms with Gasteiger partial charge in [-0.15, -0.1) is 0 Å². The molecule has 1 fully saturated rings. The first-order valence-electron chi connectivity index (χ1n) is 5.91. The molecule has 2 heterocycles. The summed E-state index contributed by atoms with van der Waals surface area (Å²) >= 11 is 5.83. The zero-order valence-corrected chi connectivity index (χ0v) is 12.4. The molecular formula is C10H16ClN5O2S. The Hall–Kier alpha value is -1.15. The fourth-order valence-electron chi connectivity index (χ4n) is 1.82. The Bertz CT molecular complexity index is 549. The van der Waals surface area contributed by atoms with Gasteiger partial charge in [0.2, 0.25) is 17.2 Å². The lowest BCUT2D eigenvalue weighted by atomic mass is 10.2. The maximum atomic E-state index is 11.3. The predicted octanol–water partition coefficient (Wildman–Crippen LogP) is 0.580. The van der Waals surface area contributed by atoms with Crippen LogP contribution >= 0.6 is 11.6 Å². The highest BCUT2D eigenvalue weighted by molar-refractivity contribution is 7.91. The fraction of sp³-hybridized carbons (Fsp3) is 0.700. The molecule has 0 bridgehead atoms. The van der Waals surface area contributed by atoms with E-state index in [1.54, 1.807) is 4.90 Å². The number of nitrogens with zero attached hydrogens (tertiary/aromatic N) is 4. The van der Waals surface area contributed by atoms with Gasteiger partial charge >= 0.3 is 0 Å². The Morgan fingerprint density at radius 1 is 1.21 bits per heavy atom. The van der Waals surface area contributed by atoms with Crippen molar-refractivity contribution < 1.29 is 8.42 Å². The first kappa shape index (κ1) is 14.3. The van der Waals surface area contributed by atoms with Gasteiger partial charge in [-0.25, -0.2) is 8.42 Å². The normalized spacial score (nSPS) is 19.1. The quantitative estimate of drug-likeness (QED) is 0.874. The van der Waals surface area contributed by atoms with Crippen LogP contribution in [0.1, 0.15) is 12.8 Å². The highest BCUT2D eigenvalue weighted by Crippen LogP contribution is 2.18. The van der Waals surface area contributed by atoms with Crippen LogP contribution in [0.25, 0.3) is 0 Å². The second kappa shape index (κ2) is 5.46. The highest BCUT2D eigenvalue weighted by atomic mass is 35.5. The molecule has 0 unspecified atom stereocenters. The van der Waals surface area contributed by atoms with Crippen LogP contribution in [0, 0.1) is 0 Å². The van der Waals surface area contributed by atoms with Crippen molar-refractivity contribution in [3.8, 4) is 0 Å². The van der Waals surface area contributed by atoms with Crippen molar-refractivity contribution in [1.82, 2.24) is 15.0 Å². The van der Waals surface area contributed by atoms with Gasteiger partial charge in [-0.1, -0.05) is 0 Å². The standard InChI is InChI=1S/C10H16ClN5O2S/c1-16(2)10-14-8(11)13-9(15-10)12-7-3-5-19(17,18)6-4-7/h7H,3-6H2,1-2H3,(H,12,13,14,15). The molecule has 106 valence electrons. The average molecular weight is 306 g/mol. The molecule has 0 atom stereocenters. The summed E-state index contributed by atoms with van der Waals surface area (Å²) in [6, 6.07) is 0.0528. The van der Waals surface area contributed by atoms with Gasteiger partial charge in [-0.2, -0.15) is 15.0 Å². The van der Waals surface area contributed by atoms with E-state index in [-0.39, 0.29) is 22.8 Å². The van der Waals surface area contributed by atoms with E-state index >= 15 is 0 Å². The summed E-state index contributed by atoms with van der Waals surface area (Å²) in [5, 5.41) is 3.23. The SMILES string of the molecule is CN(C)c1nc(Cl)nc(NC2CCS(=O)(=O)CC2)n1. The van der Waals surface area contributed by atoms with Gasteiger partial charge in [-0.05, 0) is 24.4 Å². The van der Waals surface area contributed by atoms with E-state index < -0.39 is 9.84 Å². The van der Waals surface area contributed by atoms with Crippen molar-refractivity contribution in [1.29, 1.82) is 0 Å². The molecule has 0 radical (unpaired) electrons. The van der Waals surface area contributed by atoms with E-state index in [2.05, 4.69) is 20.3 Å². The lowest BCUT2D eigenvalue weighted by molar-refractivity contribution is 0.558. The van der Waals surface area contributed by atoms with Crippen molar-refractivity contribution in [3.63, 3.8) is 0 Å². The summed E-state index contributed by atoms with van der Waals surface area (Å²) in [5.41, 5.74) is 0. The number of anilines is 2. The molecule has 0 saturated carbocycles. The molecule has 7 nitrogen and oxygen atoms in total. The smallest absolute Gasteiger partial charge is 0.230 e. The van der Waals surface area contributed by atoms with Gasteiger partial charge in [-0.3, -0.25) is 0 Å². The minimum Gasteiger partial charge on any atom is -0.351 e. The Labute approximate surface area is 117 Å². The second-order valence-electron chi connectivity index (χ2n) is 4.69. The number of rotatable bonds is 3. The number of sulfone groups is 1. The van der Waals surface area contributed by atoms with Crippen LogP contribution in [0.4, 0.5) is 11.9 Å². The lowest BCUT2D eigenvalue weighted by Crippen LogP contribution is -2.32. The average Bonchev–Trinajstić information content (AvgIpc) is 2.31. The third kappa shape index (κ3) is 3.90. The maximum absolute atomic E-state index is 11.3. The minimum absolute atomic E-state index is 0.0528. The van der Waals surface area contributed by atoms with Gasteiger partial charge in [0.15, 0.2) is 0 Å². The summed E-state index contributed by atoms with van der Waals surface area (Å²) in [5.74, 6) is 1.24. The number of aromatic nitrogens is 3. The van der Waals surface area contributed by atoms with Gasteiger partial charge in [0.05, 0.1) is 11.5 Å². The van der Waals surface area contributed by atoms with Gasteiger partial charge in [0.1, 0.15) is 9.84 Å². The number of nitrogens with one attached hydrogen (secondary N) is 1. The van der Waals surface area contributed by atoms with Crippen molar-refractivity contribution in [3.05, 3.63) is 5.28 Å². The van der Waals surface area contributed by atoms with Crippen LogP contribution in [0.3, 0.4) is 0 Å². The lowest BCUT2D eigenvalue weighted by Gasteiger charge is -2.23. The summed E-state index contributed by atoms with van der Waals surface area (Å²) < 4.78 is 22.7. The van der Waals surface area contributed by atoms with Gasteiger partial charge < -0.3 is 10.2 Å². The Kier molecular flexibility index (Phi) is 4.10. The van der Waals surface area contributed by atoms with E-state index in [9.17, 15) is 8.42 Å². The van der Waals surface area contributed by atoms with E-state index in [1.165, 1.54) is 0 Å². The number of halogens is 1. The molecule has 1 N–H and O–H groups in total. The van der Waals surface area contributed by atoms with E-state index in [0.717, 1.165) is 0 Å². The Morgan fingerprint density at radius 2 is 1.84 bits per heavy atom. The largest absolute Gasteiger partial charge is 0.351 e. The molecule has 1 aliphatic rings. The van der Waals surface area contributed by atoms with Crippen LogP contribution in [0.2, 0.25) is 5.28 Å². The fourth-order valence-corrected chi connectivity index (χ4v) is 3.47. The third-order valence-corrected chi connectivity index (χ3v) is 4.77. The van der Waals surface area contributed by atoms with E-state index in [4.69, 9.17) is 11.6 Å². The van der Waals surface area contributed by atoms with Gasteiger partial charge in [0, 0.05) is 20.1 Å². The molecule has 1 saturated heterocycles. The molecule has 9 heteroatoms. The first-order chi connectivity index (χ1) is 8.85. The highest BCUT2D eigenvalue weighted by Gasteiger charge is 2.24. The first-order valence-corrected chi connectivity index (χ1v) is 8.11. The van der Waals surface area contributed by atoms with E-state index in [0.29, 0.717) is 24.7 Å². The van der Waals surface area contributed by atoms with Crippen LogP contribution in [0.15, 0.2) is 0 Å². The molecule has 0 amide bonds. The van der Waals surface area contributed by atoms with E-state index in [1.807, 2.05) is 14.1 Å². The zero-order chi connectivity index (χ0) is 14.0. The Balaban J connectivity index is 2.07. The van der Waals surface area contributed by atoms with Crippen molar-refractivity contribution in [2.75, 3.05) is 35.8 Å². The topological polar surface area (TPSA) is 88.1 Å². The zero-order valence-electron chi connectivity index (χ0n) is 10.8. The van der Waals surface area contributed by atoms with Crippen LogP contribution < -0.4 is 10.2 Å². The minimum atomic E-state index is -2.87. The molecule has 0 spiro atoms. The monoisotopic (exact) mass is 305 g/mol. The third-order valence-electron chi connectivity index (χ3n) is 2.88. The summed E-state index contributed by atoms with van der Waals surface area (Å²) in [6.07, 6.45) is 1.12. The summed E-state index contributed by atoms with van der Waals surface area (Å²) in [7, 11) is 0.751. The van der Waals surface area contributed by atoms with Crippen LogP contribution in [-0.4, -0.2) is 55.0 Å². The molecule has 19 heavy (non-hydrogen) atoms. The van der Waals surface area contributed by atoms with Crippen molar-refractivity contribution in [2.45, 2.75) is 18.9 Å². The van der Waals surface area contributed by atoms with Crippen molar-refractivity contribution in [2.24, 2.45) is 0 Å². The van der Waals surface area contributed by atoms with Crippen LogP contribution in [-0.2, 0) is 9.84 Å². The summed E-state index contributed by atoms with van der Waals surface area (Å²) in [4.78, 5) is 13.9. The number of hydrogen-bond acceptors (Lipinski definition) is 7.